The summed E-state index contributed by atoms with van der Waals surface area (Å²) in [6.07, 6.45) is 16.0. The molecule has 2 heterocycles. The van der Waals surface area contributed by atoms with E-state index in [9.17, 15) is 0 Å². The summed E-state index contributed by atoms with van der Waals surface area (Å²) in [6.45, 7) is 0. The first-order valence-electron chi connectivity index (χ1n) is 18.1. The van der Waals surface area contributed by atoms with Gasteiger partial charge in [-0.25, -0.2) is 0 Å². The van der Waals surface area contributed by atoms with Crippen molar-refractivity contribution in [2.45, 2.75) is 12.8 Å². The minimum absolute atomic E-state index is 0.986. The van der Waals surface area contributed by atoms with Crippen molar-refractivity contribution in [1.29, 1.82) is 0 Å². The zero-order chi connectivity index (χ0) is 35.8. The molecule has 0 fully saturated rings. The number of para-hydroxylation sites is 1. The van der Waals surface area contributed by atoms with Gasteiger partial charge in [-0.1, -0.05) is 151 Å². The first kappa shape index (κ1) is 34.4. The van der Waals surface area contributed by atoms with Crippen LogP contribution in [0.2, 0.25) is 0 Å². The van der Waals surface area contributed by atoms with Gasteiger partial charge < -0.3 is 4.90 Å². The SMILES string of the molecule is CN(C1=C(/C=C/c2cc(-c3ccccc3)cc(-c3ccccc3)[s+]2)CC/C1=C\C=C1/C=C(c2ccccc2)C=C(c2ccccc2)S1)c1ccccc1. The van der Waals surface area contributed by atoms with Gasteiger partial charge in [0.05, 0.1) is 0 Å². The number of rotatable bonds is 9. The lowest BCUT2D eigenvalue weighted by Crippen LogP contribution is -2.17. The van der Waals surface area contributed by atoms with E-state index < -0.39 is 0 Å². The Morgan fingerprint density at radius 3 is 1.79 bits per heavy atom. The smallest absolute Gasteiger partial charge is 0.239 e. The second-order valence-corrected chi connectivity index (χ2v) is 15.4. The van der Waals surface area contributed by atoms with Gasteiger partial charge in [-0.3, -0.25) is 0 Å². The highest BCUT2D eigenvalue weighted by molar-refractivity contribution is 8.12. The number of nitrogens with zero attached hydrogens (tertiary/aromatic N) is 1. The van der Waals surface area contributed by atoms with Gasteiger partial charge in [-0.15, -0.1) is 0 Å². The van der Waals surface area contributed by atoms with E-state index in [1.165, 1.54) is 75.5 Å². The molecule has 6 aromatic rings. The van der Waals surface area contributed by atoms with Crippen LogP contribution in [0.3, 0.4) is 0 Å². The summed E-state index contributed by atoms with van der Waals surface area (Å²) in [6, 6.07) is 58.2. The Labute approximate surface area is 322 Å². The average Bonchev–Trinajstić information content (AvgIpc) is 3.66. The molecule has 256 valence electrons. The Hall–Kier alpha value is -5.74. The first-order chi connectivity index (χ1) is 26.2. The molecule has 0 saturated heterocycles. The lowest BCUT2D eigenvalue weighted by molar-refractivity contribution is 1.03. The van der Waals surface area contributed by atoms with Crippen LogP contribution in [0.15, 0.2) is 216 Å². The van der Waals surface area contributed by atoms with Gasteiger partial charge in [0.2, 0.25) is 21.1 Å². The van der Waals surface area contributed by atoms with Gasteiger partial charge in [0.15, 0.2) is 0 Å². The Balaban J connectivity index is 1.18. The molecule has 1 aromatic heterocycles. The highest BCUT2D eigenvalue weighted by Gasteiger charge is 2.24. The Bertz CT molecular complexity index is 2330. The first-order valence-corrected chi connectivity index (χ1v) is 19.7. The standard InChI is InChI=1S/C50H40NS2/c1-51(45-25-15-6-16-26-45)50-41(29-31-46-33-43(37-17-7-2-8-18-37)35-48(52-46)39-21-11-4-12-22-39)27-28-42(50)30-32-47-34-44(38-19-9-3-10-20-38)36-49(53-47)40-23-13-5-14-24-40/h2-26,29-36H,27-28H2,1H3/q+1. The van der Waals surface area contributed by atoms with E-state index in [-0.39, 0.29) is 0 Å². The van der Waals surface area contributed by atoms with E-state index in [1.54, 1.807) is 0 Å². The van der Waals surface area contributed by atoms with Crippen LogP contribution in [0.5, 0.6) is 0 Å². The second-order valence-electron chi connectivity index (χ2n) is 13.1. The van der Waals surface area contributed by atoms with E-state index >= 15 is 0 Å². The van der Waals surface area contributed by atoms with Crippen LogP contribution in [0, 0.1) is 0 Å². The van der Waals surface area contributed by atoms with Gasteiger partial charge in [-0.05, 0) is 94.3 Å². The van der Waals surface area contributed by atoms with Crippen LogP contribution < -0.4 is 4.90 Å². The van der Waals surface area contributed by atoms with Crippen LogP contribution in [0.1, 0.15) is 28.8 Å². The van der Waals surface area contributed by atoms with Crippen molar-refractivity contribution in [3.05, 3.63) is 232 Å². The molecule has 3 heteroatoms. The van der Waals surface area contributed by atoms with Crippen molar-refractivity contribution < 1.29 is 0 Å². The van der Waals surface area contributed by atoms with Gasteiger partial charge in [0.1, 0.15) is 0 Å². The summed E-state index contributed by atoms with van der Waals surface area (Å²) < 4.78 is 0. The Kier molecular flexibility index (Phi) is 10.6. The maximum atomic E-state index is 2.37. The van der Waals surface area contributed by atoms with Crippen LogP contribution in [-0.2, 0) is 0 Å². The molecule has 1 aliphatic heterocycles. The largest absolute Gasteiger partial charge is 0.344 e. The molecule has 1 aliphatic carbocycles. The Morgan fingerprint density at radius 2 is 1.13 bits per heavy atom. The number of anilines is 1. The molecule has 0 atom stereocenters. The van der Waals surface area contributed by atoms with Crippen LogP contribution in [0.25, 0.3) is 38.1 Å². The summed E-state index contributed by atoms with van der Waals surface area (Å²) in [5.41, 5.74) is 12.6. The van der Waals surface area contributed by atoms with Crippen molar-refractivity contribution in [2.24, 2.45) is 0 Å². The van der Waals surface area contributed by atoms with Crippen molar-refractivity contribution in [3.8, 4) is 21.6 Å². The monoisotopic (exact) mass is 718 g/mol. The molecular weight excluding hydrogens is 679 g/mol. The molecule has 53 heavy (non-hydrogen) atoms. The van der Waals surface area contributed by atoms with E-state index in [1.807, 2.05) is 23.1 Å². The summed E-state index contributed by atoms with van der Waals surface area (Å²) in [5, 5.41) is 0. The molecule has 0 radical (unpaired) electrons. The number of hydrogen-bond donors (Lipinski definition) is 0. The summed E-state index contributed by atoms with van der Waals surface area (Å²) in [7, 11) is 2.20. The van der Waals surface area contributed by atoms with Crippen molar-refractivity contribution in [1.82, 2.24) is 0 Å². The number of allylic oxidation sites excluding steroid dienone is 8. The third-order valence-corrected chi connectivity index (χ3v) is 11.7. The fourth-order valence-electron chi connectivity index (χ4n) is 6.91. The van der Waals surface area contributed by atoms with Gasteiger partial charge >= 0.3 is 0 Å². The zero-order valence-electron chi connectivity index (χ0n) is 29.7. The lowest BCUT2D eigenvalue weighted by Gasteiger charge is -2.23. The van der Waals surface area contributed by atoms with E-state index in [2.05, 4.69) is 212 Å². The third-order valence-electron chi connectivity index (χ3n) is 9.60. The number of hydrogen-bond acceptors (Lipinski definition) is 2. The molecule has 0 bridgehead atoms. The van der Waals surface area contributed by atoms with Crippen LogP contribution >= 0.6 is 23.1 Å². The molecule has 1 nitrogen and oxygen atoms in total. The number of likely N-dealkylation sites (N-methyl/N-ethyl adjacent to an activating group) is 1. The van der Waals surface area contributed by atoms with Crippen molar-refractivity contribution in [3.63, 3.8) is 0 Å². The lowest BCUT2D eigenvalue weighted by atomic mass is 10.0. The highest BCUT2D eigenvalue weighted by Crippen LogP contribution is 2.43. The molecule has 5 aromatic carbocycles. The summed E-state index contributed by atoms with van der Waals surface area (Å²) in [4.78, 5) is 7.35. The van der Waals surface area contributed by atoms with Gasteiger partial charge in [-0.2, -0.15) is 0 Å². The van der Waals surface area contributed by atoms with Crippen molar-refractivity contribution in [2.75, 3.05) is 11.9 Å². The minimum Gasteiger partial charge on any atom is -0.344 e. The quantitative estimate of drug-likeness (QED) is 0.137. The van der Waals surface area contributed by atoms with Crippen molar-refractivity contribution >= 4 is 45.3 Å². The number of benzene rings is 5. The third kappa shape index (κ3) is 8.18. The zero-order valence-corrected chi connectivity index (χ0v) is 31.4. The molecular formula is C50H40NS2+. The normalized spacial score (nSPS) is 15.9. The topological polar surface area (TPSA) is 3.24 Å². The Morgan fingerprint density at radius 1 is 0.547 bits per heavy atom. The minimum atomic E-state index is 0.986. The van der Waals surface area contributed by atoms with E-state index in [4.69, 9.17) is 0 Å². The summed E-state index contributed by atoms with van der Waals surface area (Å²) in [5.74, 6) is 0. The van der Waals surface area contributed by atoms with Gasteiger partial charge in [0.25, 0.3) is 0 Å². The maximum Gasteiger partial charge on any atom is 0.239 e. The van der Waals surface area contributed by atoms with Crippen LogP contribution in [0.4, 0.5) is 5.69 Å². The molecule has 0 amide bonds. The summed E-state index contributed by atoms with van der Waals surface area (Å²) >= 11 is 3.68. The van der Waals surface area contributed by atoms with E-state index in [0.29, 0.717) is 0 Å². The van der Waals surface area contributed by atoms with Gasteiger partial charge in [0, 0.05) is 52.0 Å². The molecule has 0 spiro atoms. The predicted octanol–water partition coefficient (Wildman–Crippen LogP) is 14.2. The average molecular weight is 719 g/mol. The second kappa shape index (κ2) is 16.3. The van der Waals surface area contributed by atoms with E-state index in [0.717, 1.165) is 12.8 Å². The number of thioether (sulfide) groups is 1. The fourth-order valence-corrected chi connectivity index (χ4v) is 8.94. The fraction of sp³-hybridized carbons (Fsp3) is 0.0600. The predicted molar refractivity (Wildman–Crippen MR) is 232 cm³/mol. The highest BCUT2D eigenvalue weighted by atomic mass is 32.2. The van der Waals surface area contributed by atoms with Crippen LogP contribution in [-0.4, -0.2) is 7.05 Å². The molecule has 2 aliphatic rings. The molecule has 0 saturated carbocycles. The maximum absolute atomic E-state index is 2.37. The molecule has 0 unspecified atom stereocenters. The molecule has 0 N–H and O–H groups in total. The molecule has 8 rings (SSSR count).